The molecule has 0 rings (SSSR count). The van der Waals surface area contributed by atoms with Crippen molar-refractivity contribution in [1.29, 1.82) is 0 Å². The van der Waals surface area contributed by atoms with Crippen molar-refractivity contribution in [1.82, 2.24) is 0 Å². The zero-order valence-electron chi connectivity index (χ0n) is 6.39. The van der Waals surface area contributed by atoms with Gasteiger partial charge in [0, 0.05) is 0 Å². The second-order valence-electron chi connectivity index (χ2n) is 2.14. The molecular formula is C8H12O2. The average molecular weight is 140 g/mol. The van der Waals surface area contributed by atoms with Crippen LogP contribution < -0.4 is 0 Å². The van der Waals surface area contributed by atoms with Crippen LogP contribution in [0, 0.1) is 0 Å². The van der Waals surface area contributed by atoms with Crippen molar-refractivity contribution in [2.24, 2.45) is 0 Å². The highest BCUT2D eigenvalue weighted by Gasteiger charge is 1.94. The van der Waals surface area contributed by atoms with E-state index >= 15 is 0 Å². The Balaban J connectivity index is 3.59. The second kappa shape index (κ2) is 4.79. The number of ether oxygens (including phenoxy) is 1. The van der Waals surface area contributed by atoms with Crippen LogP contribution in [0.25, 0.3) is 0 Å². The Morgan fingerprint density at radius 3 is 2.60 bits per heavy atom. The topological polar surface area (TPSA) is 26.3 Å². The van der Waals surface area contributed by atoms with Crippen LogP contribution >= 0.6 is 0 Å². The van der Waals surface area contributed by atoms with Crippen LogP contribution in [-0.2, 0) is 9.53 Å². The van der Waals surface area contributed by atoms with Gasteiger partial charge in [0.2, 0.25) is 0 Å². The van der Waals surface area contributed by atoms with E-state index in [2.05, 4.69) is 11.3 Å². The normalized spacial score (nSPS) is 8.20. The zero-order valence-corrected chi connectivity index (χ0v) is 6.39. The quantitative estimate of drug-likeness (QED) is 0.340. The fourth-order valence-electron chi connectivity index (χ4n) is 0.429. The molecule has 0 unspecified atom stereocenters. The van der Waals surface area contributed by atoms with Gasteiger partial charge in [0.25, 0.3) is 0 Å². The summed E-state index contributed by atoms with van der Waals surface area (Å²) < 4.78 is 4.47. The SMILES string of the molecule is C=COC(=O)CC=C(C)C. The lowest BCUT2D eigenvalue weighted by molar-refractivity contribution is -0.136. The Labute approximate surface area is 61.2 Å². The van der Waals surface area contributed by atoms with Crippen molar-refractivity contribution >= 4 is 5.97 Å². The number of rotatable bonds is 3. The number of esters is 1. The zero-order chi connectivity index (χ0) is 7.98. The van der Waals surface area contributed by atoms with Crippen molar-refractivity contribution in [3.05, 3.63) is 24.5 Å². The molecule has 2 heteroatoms. The average Bonchev–Trinajstić information content (AvgIpc) is 1.85. The Kier molecular flexibility index (Phi) is 4.29. The first-order chi connectivity index (χ1) is 4.66. The van der Waals surface area contributed by atoms with E-state index < -0.39 is 0 Å². The number of carbonyl (C=O) groups excluding carboxylic acids is 1. The van der Waals surface area contributed by atoms with Gasteiger partial charge >= 0.3 is 5.97 Å². The van der Waals surface area contributed by atoms with Crippen LogP contribution in [0.2, 0.25) is 0 Å². The van der Waals surface area contributed by atoms with Crippen LogP contribution in [0.15, 0.2) is 24.5 Å². The minimum atomic E-state index is -0.267. The molecule has 10 heavy (non-hydrogen) atoms. The smallest absolute Gasteiger partial charge is 0.314 e. The molecule has 2 nitrogen and oxygen atoms in total. The minimum absolute atomic E-state index is 0.267. The summed E-state index contributed by atoms with van der Waals surface area (Å²) in [5.74, 6) is -0.267. The van der Waals surface area contributed by atoms with Gasteiger partial charge in [0.05, 0.1) is 12.7 Å². The molecule has 0 N–H and O–H groups in total. The molecule has 0 aliphatic rings. The molecule has 0 aromatic carbocycles. The molecular weight excluding hydrogens is 128 g/mol. The molecule has 0 atom stereocenters. The molecule has 0 aromatic heterocycles. The first kappa shape index (κ1) is 8.95. The lowest BCUT2D eigenvalue weighted by atomic mass is 10.3. The van der Waals surface area contributed by atoms with Crippen LogP contribution in [0.5, 0.6) is 0 Å². The maximum absolute atomic E-state index is 10.6. The van der Waals surface area contributed by atoms with Crippen molar-refractivity contribution in [2.45, 2.75) is 20.3 Å². The van der Waals surface area contributed by atoms with Crippen LogP contribution in [0.1, 0.15) is 20.3 Å². The monoisotopic (exact) mass is 140 g/mol. The predicted molar refractivity (Wildman–Crippen MR) is 40.3 cm³/mol. The first-order valence-corrected chi connectivity index (χ1v) is 3.10. The van der Waals surface area contributed by atoms with E-state index in [-0.39, 0.29) is 5.97 Å². The Morgan fingerprint density at radius 2 is 2.20 bits per heavy atom. The van der Waals surface area contributed by atoms with Gasteiger partial charge in [-0.05, 0) is 13.8 Å². The summed E-state index contributed by atoms with van der Waals surface area (Å²) >= 11 is 0. The molecule has 0 heterocycles. The van der Waals surface area contributed by atoms with Gasteiger partial charge in [-0.15, -0.1) is 0 Å². The van der Waals surface area contributed by atoms with Crippen molar-refractivity contribution in [3.63, 3.8) is 0 Å². The number of carbonyl (C=O) groups is 1. The van der Waals surface area contributed by atoms with E-state index in [4.69, 9.17) is 0 Å². The fraction of sp³-hybridized carbons (Fsp3) is 0.375. The third kappa shape index (κ3) is 5.09. The number of hydrogen-bond donors (Lipinski definition) is 0. The summed E-state index contributed by atoms with van der Waals surface area (Å²) in [6.45, 7) is 7.13. The summed E-state index contributed by atoms with van der Waals surface area (Å²) in [7, 11) is 0. The summed E-state index contributed by atoms with van der Waals surface area (Å²) in [4.78, 5) is 10.6. The molecule has 0 aliphatic carbocycles. The summed E-state index contributed by atoms with van der Waals surface area (Å²) in [6, 6.07) is 0. The Bertz CT molecular complexity index is 153. The molecule has 0 amide bonds. The highest BCUT2D eigenvalue weighted by atomic mass is 16.5. The van der Waals surface area contributed by atoms with Gasteiger partial charge in [0.15, 0.2) is 0 Å². The summed E-state index contributed by atoms with van der Waals surface area (Å²) in [5, 5.41) is 0. The molecule has 0 spiro atoms. The van der Waals surface area contributed by atoms with Crippen LogP contribution in [0.4, 0.5) is 0 Å². The molecule has 0 fully saturated rings. The molecule has 0 aromatic rings. The highest BCUT2D eigenvalue weighted by molar-refractivity contribution is 5.71. The fourth-order valence-corrected chi connectivity index (χ4v) is 0.429. The first-order valence-electron chi connectivity index (χ1n) is 3.10. The van der Waals surface area contributed by atoms with Gasteiger partial charge in [0.1, 0.15) is 0 Å². The Hall–Kier alpha value is -1.05. The lowest BCUT2D eigenvalue weighted by Gasteiger charge is -1.93. The van der Waals surface area contributed by atoms with Gasteiger partial charge in [-0.3, -0.25) is 4.79 Å². The van der Waals surface area contributed by atoms with E-state index in [0.717, 1.165) is 11.8 Å². The third-order valence-corrected chi connectivity index (χ3v) is 0.892. The molecule has 0 bridgehead atoms. The van der Waals surface area contributed by atoms with Crippen LogP contribution in [-0.4, -0.2) is 5.97 Å². The standard InChI is InChI=1S/C8H12O2/c1-4-10-8(9)6-5-7(2)3/h4-5H,1,6H2,2-3H3. The van der Waals surface area contributed by atoms with Crippen molar-refractivity contribution in [2.75, 3.05) is 0 Å². The maximum atomic E-state index is 10.6. The van der Waals surface area contributed by atoms with E-state index in [1.54, 1.807) is 0 Å². The van der Waals surface area contributed by atoms with E-state index in [9.17, 15) is 4.79 Å². The van der Waals surface area contributed by atoms with E-state index in [1.807, 2.05) is 19.9 Å². The molecule has 0 saturated carbocycles. The largest absolute Gasteiger partial charge is 0.435 e. The van der Waals surface area contributed by atoms with E-state index in [1.165, 1.54) is 0 Å². The van der Waals surface area contributed by atoms with Gasteiger partial charge < -0.3 is 4.74 Å². The Morgan fingerprint density at radius 1 is 1.60 bits per heavy atom. The van der Waals surface area contributed by atoms with Crippen LogP contribution in [0.3, 0.4) is 0 Å². The summed E-state index contributed by atoms with van der Waals surface area (Å²) in [6.07, 6.45) is 3.28. The minimum Gasteiger partial charge on any atom is -0.435 e. The second-order valence-corrected chi connectivity index (χ2v) is 2.14. The lowest BCUT2D eigenvalue weighted by Crippen LogP contribution is -1.96. The molecule has 0 aliphatic heterocycles. The predicted octanol–water partition coefficient (Wildman–Crippen LogP) is 2.03. The number of hydrogen-bond acceptors (Lipinski definition) is 2. The van der Waals surface area contributed by atoms with Crippen molar-refractivity contribution < 1.29 is 9.53 Å². The maximum Gasteiger partial charge on any atom is 0.314 e. The number of allylic oxidation sites excluding steroid dienone is 1. The van der Waals surface area contributed by atoms with Gasteiger partial charge in [-0.25, -0.2) is 0 Å². The molecule has 56 valence electrons. The van der Waals surface area contributed by atoms with Gasteiger partial charge in [-0.2, -0.15) is 0 Å². The molecule has 0 saturated heterocycles. The van der Waals surface area contributed by atoms with E-state index in [0.29, 0.717) is 6.42 Å². The summed E-state index contributed by atoms with van der Waals surface area (Å²) in [5.41, 5.74) is 1.11. The third-order valence-electron chi connectivity index (χ3n) is 0.892. The highest BCUT2D eigenvalue weighted by Crippen LogP contribution is 1.94. The molecule has 0 radical (unpaired) electrons. The van der Waals surface area contributed by atoms with Crippen molar-refractivity contribution in [3.8, 4) is 0 Å². The van der Waals surface area contributed by atoms with Gasteiger partial charge in [-0.1, -0.05) is 18.2 Å².